The molecule has 0 aliphatic heterocycles. The molecule has 0 unspecified atom stereocenters. The number of hydrogen-bond donors (Lipinski definition) is 2. The minimum atomic E-state index is -0.495. The molecule has 2 N–H and O–H groups in total. The molecule has 2 heterocycles. The molecule has 0 atom stereocenters. The van der Waals surface area contributed by atoms with Gasteiger partial charge in [0.1, 0.15) is 5.69 Å². The molecule has 0 aliphatic carbocycles. The number of nitro groups is 1. The summed E-state index contributed by atoms with van der Waals surface area (Å²) in [4.78, 5) is 32.2. The van der Waals surface area contributed by atoms with Gasteiger partial charge in [-0.3, -0.25) is 19.9 Å². The molecule has 4 rings (SSSR count). The van der Waals surface area contributed by atoms with Gasteiger partial charge in [-0.25, -0.2) is 4.98 Å². The predicted octanol–water partition coefficient (Wildman–Crippen LogP) is 5.22. The molecule has 33 heavy (non-hydrogen) atoms. The summed E-state index contributed by atoms with van der Waals surface area (Å²) < 4.78 is 0. The second-order valence-electron chi connectivity index (χ2n) is 7.20. The number of thiazole rings is 1. The number of carbonyl (C=O) groups is 1. The summed E-state index contributed by atoms with van der Waals surface area (Å²) in [5.41, 5.74) is 3.08. The van der Waals surface area contributed by atoms with E-state index in [0.717, 1.165) is 28.4 Å². The van der Waals surface area contributed by atoms with Crippen LogP contribution in [0.15, 0.2) is 78.4 Å². The smallest absolute Gasteiger partial charge is 0.293 e. The van der Waals surface area contributed by atoms with E-state index in [-0.39, 0.29) is 17.2 Å². The van der Waals surface area contributed by atoms with Crippen molar-refractivity contribution in [1.82, 2.24) is 15.3 Å². The zero-order valence-corrected chi connectivity index (χ0v) is 18.4. The maximum atomic E-state index is 12.5. The molecular weight excluding hydrogens is 438 g/mol. The van der Waals surface area contributed by atoms with Crippen molar-refractivity contribution in [2.45, 2.75) is 12.8 Å². The number of rotatable bonds is 9. The molecule has 0 aliphatic rings. The maximum Gasteiger partial charge on any atom is 0.293 e. The number of para-hydroxylation sites is 1. The van der Waals surface area contributed by atoms with Gasteiger partial charge in [-0.15, -0.1) is 11.3 Å². The number of nitrogens with one attached hydrogen (secondary N) is 2. The number of pyridine rings is 1. The molecule has 166 valence electrons. The summed E-state index contributed by atoms with van der Waals surface area (Å²) in [6.45, 7) is 0.445. The van der Waals surface area contributed by atoms with Crippen LogP contribution in [0.3, 0.4) is 0 Å². The van der Waals surface area contributed by atoms with Crippen molar-refractivity contribution in [1.29, 1.82) is 0 Å². The molecule has 1 amide bonds. The highest BCUT2D eigenvalue weighted by Crippen LogP contribution is 2.28. The van der Waals surface area contributed by atoms with Gasteiger partial charge in [0.05, 0.1) is 15.6 Å². The molecule has 4 aromatic rings. The van der Waals surface area contributed by atoms with Gasteiger partial charge in [-0.1, -0.05) is 18.2 Å². The number of hydrogen-bond acceptors (Lipinski definition) is 7. The van der Waals surface area contributed by atoms with Crippen LogP contribution in [0.4, 0.5) is 17.1 Å². The lowest BCUT2D eigenvalue weighted by atomic mass is 10.1. The van der Waals surface area contributed by atoms with Crippen LogP contribution in [0, 0.1) is 10.1 Å². The number of anilines is 2. The van der Waals surface area contributed by atoms with E-state index in [1.165, 1.54) is 6.07 Å². The largest absolute Gasteiger partial charge is 0.352 e. The number of aromatic nitrogens is 2. The number of aryl methyl sites for hydroxylation is 1. The number of carbonyl (C=O) groups excluding carboxylic acids is 1. The summed E-state index contributed by atoms with van der Waals surface area (Å²) in [6.07, 6.45) is 4.91. The fourth-order valence-electron chi connectivity index (χ4n) is 3.23. The molecular formula is C24H21N5O3S. The molecule has 2 aromatic heterocycles. The summed E-state index contributed by atoms with van der Waals surface area (Å²) >= 11 is 1.58. The monoisotopic (exact) mass is 459 g/mol. The van der Waals surface area contributed by atoms with Gasteiger partial charge in [0.2, 0.25) is 0 Å². The van der Waals surface area contributed by atoms with Gasteiger partial charge in [0.25, 0.3) is 11.6 Å². The third kappa shape index (κ3) is 5.78. The van der Waals surface area contributed by atoms with Crippen molar-refractivity contribution in [3.8, 4) is 11.3 Å². The van der Waals surface area contributed by atoms with Crippen molar-refractivity contribution in [2.75, 3.05) is 11.9 Å². The first-order chi connectivity index (χ1) is 16.1. The lowest BCUT2D eigenvalue weighted by Crippen LogP contribution is -2.24. The lowest BCUT2D eigenvalue weighted by molar-refractivity contribution is -0.383. The molecule has 0 spiro atoms. The second kappa shape index (κ2) is 10.5. The van der Waals surface area contributed by atoms with E-state index >= 15 is 0 Å². The third-order valence-corrected chi connectivity index (χ3v) is 5.80. The Labute approximate surface area is 194 Å². The summed E-state index contributed by atoms with van der Waals surface area (Å²) in [7, 11) is 0. The molecule has 0 fully saturated rings. The lowest BCUT2D eigenvalue weighted by Gasteiger charge is -2.09. The average molecular weight is 460 g/mol. The zero-order chi connectivity index (χ0) is 23.0. The van der Waals surface area contributed by atoms with E-state index in [9.17, 15) is 14.9 Å². The summed E-state index contributed by atoms with van der Waals surface area (Å²) in [5, 5.41) is 20.4. The van der Waals surface area contributed by atoms with Gasteiger partial charge in [-0.2, -0.15) is 0 Å². The molecule has 0 saturated heterocycles. The third-order valence-electron chi connectivity index (χ3n) is 4.89. The Bertz CT molecular complexity index is 1250. The van der Waals surface area contributed by atoms with E-state index < -0.39 is 4.92 Å². The van der Waals surface area contributed by atoms with E-state index in [1.807, 2.05) is 47.8 Å². The van der Waals surface area contributed by atoms with E-state index in [0.29, 0.717) is 18.7 Å². The fourth-order valence-corrected chi connectivity index (χ4v) is 4.08. The quantitative estimate of drug-likeness (QED) is 0.202. The SMILES string of the molecule is O=C(NCCCc1nc(-c2ccncc2)cs1)c1ccc(Nc2ccccc2)c([N+](=O)[O-])c1. The van der Waals surface area contributed by atoms with E-state index in [2.05, 4.69) is 20.6 Å². The second-order valence-corrected chi connectivity index (χ2v) is 8.14. The number of amides is 1. The van der Waals surface area contributed by atoms with Crippen LogP contribution in [0.1, 0.15) is 21.8 Å². The van der Waals surface area contributed by atoms with Gasteiger partial charge >= 0.3 is 0 Å². The molecule has 9 heteroatoms. The van der Waals surface area contributed by atoms with Crippen LogP contribution in [-0.2, 0) is 6.42 Å². The van der Waals surface area contributed by atoms with Gasteiger partial charge in [0.15, 0.2) is 0 Å². The molecule has 0 bridgehead atoms. The predicted molar refractivity (Wildman–Crippen MR) is 129 cm³/mol. The summed E-state index contributed by atoms with van der Waals surface area (Å²) in [5.74, 6) is -0.346. The van der Waals surface area contributed by atoms with E-state index in [4.69, 9.17) is 0 Å². The van der Waals surface area contributed by atoms with Crippen molar-refractivity contribution >= 4 is 34.3 Å². The highest BCUT2D eigenvalue weighted by Gasteiger charge is 2.18. The van der Waals surface area contributed by atoms with Gasteiger partial charge in [-0.05, 0) is 42.8 Å². The standard InChI is InChI=1S/C24H21N5O3S/c30-24(26-12-4-7-23-28-21(16-33-23)17-10-13-25-14-11-17)18-8-9-20(22(15-18)29(31)32)27-19-5-2-1-3-6-19/h1-3,5-6,8-11,13-16,27H,4,7,12H2,(H,26,30). The first kappa shape index (κ1) is 22.1. The minimum absolute atomic E-state index is 0.155. The Balaban J connectivity index is 1.32. The number of benzene rings is 2. The molecule has 2 aromatic carbocycles. The zero-order valence-electron chi connectivity index (χ0n) is 17.6. The van der Waals surface area contributed by atoms with Crippen molar-refractivity contribution < 1.29 is 9.72 Å². The fraction of sp³-hybridized carbons (Fsp3) is 0.125. The Kier molecular flexibility index (Phi) is 7.01. The Hall–Kier alpha value is -4.11. The maximum absolute atomic E-state index is 12.5. The van der Waals surface area contributed by atoms with Crippen LogP contribution in [0.2, 0.25) is 0 Å². The first-order valence-corrected chi connectivity index (χ1v) is 11.2. The highest BCUT2D eigenvalue weighted by molar-refractivity contribution is 7.09. The average Bonchev–Trinajstić information content (AvgIpc) is 3.32. The Morgan fingerprint density at radius 3 is 2.61 bits per heavy atom. The van der Waals surface area contributed by atoms with Gasteiger partial charge < -0.3 is 10.6 Å². The highest BCUT2D eigenvalue weighted by atomic mass is 32.1. The summed E-state index contributed by atoms with van der Waals surface area (Å²) in [6, 6.07) is 17.4. The molecule has 0 saturated carbocycles. The normalized spacial score (nSPS) is 10.5. The number of nitrogens with zero attached hydrogens (tertiary/aromatic N) is 3. The minimum Gasteiger partial charge on any atom is -0.352 e. The van der Waals surface area contributed by atoms with Crippen molar-refractivity contribution in [3.63, 3.8) is 0 Å². The van der Waals surface area contributed by atoms with Crippen LogP contribution in [0.5, 0.6) is 0 Å². The Morgan fingerprint density at radius 1 is 1.06 bits per heavy atom. The van der Waals surface area contributed by atoms with Gasteiger partial charge in [0, 0.05) is 53.6 Å². The van der Waals surface area contributed by atoms with E-state index in [1.54, 1.807) is 35.9 Å². The first-order valence-electron chi connectivity index (χ1n) is 10.3. The van der Waals surface area contributed by atoms with Crippen LogP contribution >= 0.6 is 11.3 Å². The van der Waals surface area contributed by atoms with Crippen LogP contribution in [0.25, 0.3) is 11.3 Å². The van der Waals surface area contributed by atoms with Crippen molar-refractivity contribution in [2.24, 2.45) is 0 Å². The topological polar surface area (TPSA) is 110 Å². The number of nitro benzene ring substituents is 1. The Morgan fingerprint density at radius 2 is 1.85 bits per heavy atom. The molecule has 0 radical (unpaired) electrons. The van der Waals surface area contributed by atoms with Crippen molar-refractivity contribution in [3.05, 3.63) is 99.1 Å². The van der Waals surface area contributed by atoms with Crippen LogP contribution < -0.4 is 10.6 Å². The van der Waals surface area contributed by atoms with Crippen LogP contribution in [-0.4, -0.2) is 27.3 Å². The molecule has 8 nitrogen and oxygen atoms in total.